The highest BCUT2D eigenvalue weighted by Crippen LogP contribution is 2.75. The van der Waals surface area contributed by atoms with E-state index < -0.39 is 5.54 Å². The Morgan fingerprint density at radius 2 is 2.13 bits per heavy atom. The van der Waals surface area contributed by atoms with Gasteiger partial charge in [0, 0.05) is 12.0 Å². The predicted octanol–water partition coefficient (Wildman–Crippen LogP) is 2.66. The van der Waals surface area contributed by atoms with E-state index >= 15 is 0 Å². The molecule has 2 saturated carbocycles. The van der Waals surface area contributed by atoms with Crippen molar-refractivity contribution in [3.63, 3.8) is 0 Å². The lowest BCUT2D eigenvalue weighted by atomic mass is 9.66. The van der Waals surface area contributed by atoms with Gasteiger partial charge in [-0.2, -0.15) is 10.3 Å². The maximum absolute atomic E-state index is 12.5. The number of nitriles is 1. The third-order valence-corrected chi connectivity index (χ3v) is 7.21. The van der Waals surface area contributed by atoms with Gasteiger partial charge in [-0.1, -0.05) is 44.2 Å². The summed E-state index contributed by atoms with van der Waals surface area (Å²) in [6.45, 7) is 5.36. The van der Waals surface area contributed by atoms with Gasteiger partial charge in [-0.15, -0.1) is 0 Å². The third-order valence-electron chi connectivity index (χ3n) is 7.21. The summed E-state index contributed by atoms with van der Waals surface area (Å²) in [6, 6.07) is 12.3. The largest absolute Gasteiger partial charge is 0.287 e. The van der Waals surface area contributed by atoms with Crippen LogP contribution in [0.4, 0.5) is 0 Å². The highest BCUT2D eigenvalue weighted by Gasteiger charge is 2.78. The number of benzene rings is 1. The van der Waals surface area contributed by atoms with Gasteiger partial charge in [0.1, 0.15) is 5.54 Å². The molecule has 23 heavy (non-hydrogen) atoms. The topological polar surface area (TPSA) is 56.1 Å². The Morgan fingerprint density at radius 1 is 1.39 bits per heavy atom. The van der Waals surface area contributed by atoms with Crippen LogP contribution >= 0.6 is 0 Å². The zero-order chi connectivity index (χ0) is 16.3. The normalized spacial score (nSPS) is 41.0. The second-order valence-corrected chi connectivity index (χ2v) is 7.94. The Labute approximate surface area is 137 Å². The van der Waals surface area contributed by atoms with Crippen molar-refractivity contribution in [2.75, 3.05) is 6.54 Å². The highest BCUT2D eigenvalue weighted by atomic mass is 16.2. The van der Waals surface area contributed by atoms with Crippen LogP contribution in [0.2, 0.25) is 0 Å². The van der Waals surface area contributed by atoms with Crippen molar-refractivity contribution in [1.82, 2.24) is 10.4 Å². The number of hydrogen-bond acceptors (Lipinski definition) is 3. The van der Waals surface area contributed by atoms with Gasteiger partial charge < -0.3 is 0 Å². The number of amides is 1. The summed E-state index contributed by atoms with van der Waals surface area (Å²) in [5.74, 6) is 0.593. The van der Waals surface area contributed by atoms with E-state index in [-0.39, 0.29) is 16.7 Å². The molecule has 1 aromatic rings. The molecule has 1 aliphatic heterocycles. The maximum Gasteiger partial charge on any atom is 0.238 e. The first-order chi connectivity index (χ1) is 11.0. The molecule has 4 rings (SSSR count). The van der Waals surface area contributed by atoms with E-state index in [1.54, 1.807) is 0 Å². The number of rotatable bonds is 3. The molecule has 0 aromatic heterocycles. The van der Waals surface area contributed by atoms with E-state index in [0.717, 1.165) is 24.9 Å². The Kier molecular flexibility index (Phi) is 2.93. The lowest BCUT2D eigenvalue weighted by molar-refractivity contribution is -0.128. The van der Waals surface area contributed by atoms with Crippen LogP contribution in [-0.2, 0) is 11.2 Å². The lowest BCUT2D eigenvalue weighted by Gasteiger charge is -2.42. The summed E-state index contributed by atoms with van der Waals surface area (Å²) in [5.41, 5.74) is 3.65. The van der Waals surface area contributed by atoms with Gasteiger partial charge in [0.05, 0.1) is 12.5 Å². The van der Waals surface area contributed by atoms with E-state index in [2.05, 4.69) is 25.3 Å². The van der Waals surface area contributed by atoms with Gasteiger partial charge in [-0.05, 0) is 36.2 Å². The molecule has 4 nitrogen and oxygen atoms in total. The quantitative estimate of drug-likeness (QED) is 0.934. The number of nitrogens with zero attached hydrogens (tertiary/aromatic N) is 2. The number of hydrogen-bond donors (Lipinski definition) is 1. The van der Waals surface area contributed by atoms with Gasteiger partial charge in [-0.25, -0.2) is 0 Å². The van der Waals surface area contributed by atoms with Crippen LogP contribution in [-0.4, -0.2) is 23.0 Å². The molecule has 0 radical (unpaired) electrons. The summed E-state index contributed by atoms with van der Waals surface area (Å²) < 4.78 is 0. The first kappa shape index (κ1) is 14.7. The average Bonchev–Trinajstić information content (AvgIpc) is 2.97. The Bertz CT molecular complexity index is 696. The van der Waals surface area contributed by atoms with Crippen LogP contribution in [0.3, 0.4) is 0 Å². The van der Waals surface area contributed by atoms with E-state index in [0.29, 0.717) is 12.3 Å². The van der Waals surface area contributed by atoms with Crippen LogP contribution in [0, 0.1) is 28.1 Å². The second-order valence-electron chi connectivity index (χ2n) is 7.94. The predicted molar refractivity (Wildman–Crippen MR) is 86.9 cm³/mol. The van der Waals surface area contributed by atoms with Crippen LogP contribution in [0.1, 0.15) is 38.7 Å². The molecule has 4 heteroatoms. The molecule has 1 saturated heterocycles. The monoisotopic (exact) mass is 309 g/mol. The summed E-state index contributed by atoms with van der Waals surface area (Å²) in [4.78, 5) is 12.5. The van der Waals surface area contributed by atoms with E-state index in [1.807, 2.05) is 35.3 Å². The molecule has 1 amide bonds. The molecule has 3 fully saturated rings. The van der Waals surface area contributed by atoms with E-state index in [9.17, 15) is 10.1 Å². The lowest BCUT2D eigenvalue weighted by Crippen LogP contribution is -2.59. The Balaban J connectivity index is 1.55. The van der Waals surface area contributed by atoms with Crippen LogP contribution in [0.15, 0.2) is 30.3 Å². The fourth-order valence-corrected chi connectivity index (χ4v) is 5.62. The van der Waals surface area contributed by atoms with Crippen molar-refractivity contribution in [2.24, 2.45) is 16.7 Å². The van der Waals surface area contributed by atoms with Crippen molar-refractivity contribution >= 4 is 5.91 Å². The van der Waals surface area contributed by atoms with Gasteiger partial charge in [0.15, 0.2) is 0 Å². The highest BCUT2D eigenvalue weighted by molar-refractivity contribution is 5.78. The van der Waals surface area contributed by atoms with Crippen molar-refractivity contribution in [3.05, 3.63) is 35.9 Å². The SMILES string of the molecule is C[C@@]12CC[C@@H]3C[C@@]1(C#N)N(NC(=O)Cc1ccccc1)C[C@@]32C. The minimum absolute atomic E-state index is 0.0144. The molecule has 1 aromatic carbocycles. The number of carbonyl (C=O) groups excluding carboxylic acids is 1. The second kappa shape index (κ2) is 4.58. The molecular weight excluding hydrogens is 286 g/mol. The number of hydrazine groups is 1. The van der Waals surface area contributed by atoms with Crippen LogP contribution in [0.5, 0.6) is 0 Å². The smallest absolute Gasteiger partial charge is 0.238 e. The Hall–Kier alpha value is -1.86. The molecule has 4 atom stereocenters. The van der Waals surface area contributed by atoms with Crippen molar-refractivity contribution < 1.29 is 4.79 Å². The summed E-state index contributed by atoms with van der Waals surface area (Å²) in [6.07, 6.45) is 3.56. The van der Waals surface area contributed by atoms with Crippen LogP contribution < -0.4 is 5.43 Å². The van der Waals surface area contributed by atoms with Crippen molar-refractivity contribution in [3.8, 4) is 6.07 Å². The molecule has 4 bridgehead atoms. The van der Waals surface area contributed by atoms with E-state index in [4.69, 9.17) is 0 Å². The molecule has 0 unspecified atom stereocenters. The number of carbonyl (C=O) groups is 1. The maximum atomic E-state index is 12.5. The zero-order valence-electron chi connectivity index (χ0n) is 13.8. The fourth-order valence-electron chi connectivity index (χ4n) is 5.62. The number of piperidine rings is 1. The Morgan fingerprint density at radius 3 is 2.78 bits per heavy atom. The summed E-state index contributed by atoms with van der Waals surface area (Å²) in [5, 5.41) is 11.9. The van der Waals surface area contributed by atoms with Crippen molar-refractivity contribution in [1.29, 1.82) is 5.26 Å². The standard InChI is InChI=1S/C19H23N3O/c1-17-13-22(21-16(23)10-14-6-4-3-5-7-14)19(12-20)11-15(17)8-9-18(17,19)2/h3-7,15H,8-11,13H2,1-2H3,(H,21,23)/t15-,17+,18+,19+/m1/s1. The van der Waals surface area contributed by atoms with Crippen LogP contribution in [0.25, 0.3) is 0 Å². The first-order valence-corrected chi connectivity index (χ1v) is 8.47. The van der Waals surface area contributed by atoms with Gasteiger partial charge in [0.2, 0.25) is 5.91 Å². The third kappa shape index (κ3) is 1.66. The molecule has 2 aliphatic carbocycles. The molecule has 1 heterocycles. The minimum Gasteiger partial charge on any atom is -0.287 e. The molecule has 0 spiro atoms. The molecule has 3 aliphatic rings. The average molecular weight is 309 g/mol. The van der Waals surface area contributed by atoms with Gasteiger partial charge >= 0.3 is 0 Å². The fraction of sp³-hybridized carbons (Fsp3) is 0.579. The molecular formula is C19H23N3O. The molecule has 1 N–H and O–H groups in total. The molecule has 120 valence electrons. The first-order valence-electron chi connectivity index (χ1n) is 8.47. The van der Waals surface area contributed by atoms with Gasteiger partial charge in [-0.3, -0.25) is 10.2 Å². The van der Waals surface area contributed by atoms with E-state index in [1.165, 1.54) is 6.42 Å². The summed E-state index contributed by atoms with van der Waals surface area (Å²) >= 11 is 0. The van der Waals surface area contributed by atoms with Crippen molar-refractivity contribution in [2.45, 2.75) is 45.1 Å². The minimum atomic E-state index is -0.531. The number of nitrogens with one attached hydrogen (secondary N) is 1. The summed E-state index contributed by atoms with van der Waals surface area (Å²) in [7, 11) is 0. The van der Waals surface area contributed by atoms with Gasteiger partial charge in [0.25, 0.3) is 0 Å². The zero-order valence-corrected chi connectivity index (χ0v) is 13.8.